The van der Waals surface area contributed by atoms with Gasteiger partial charge in [-0.15, -0.1) is 0 Å². The Balaban J connectivity index is 2.06. The van der Waals surface area contributed by atoms with E-state index in [9.17, 15) is 4.79 Å². The molecule has 0 aromatic carbocycles. The summed E-state index contributed by atoms with van der Waals surface area (Å²) in [5, 5.41) is 3.92. The van der Waals surface area contributed by atoms with E-state index in [2.05, 4.69) is 10.1 Å². The third kappa shape index (κ3) is 2.96. The van der Waals surface area contributed by atoms with Crippen LogP contribution in [0.4, 0.5) is 0 Å². The van der Waals surface area contributed by atoms with Crippen LogP contribution in [0.3, 0.4) is 0 Å². The molecule has 1 aliphatic carbocycles. The molecule has 0 saturated heterocycles. The van der Waals surface area contributed by atoms with E-state index in [0.29, 0.717) is 11.7 Å². The van der Waals surface area contributed by atoms with Crippen LogP contribution in [0.25, 0.3) is 0 Å². The summed E-state index contributed by atoms with van der Waals surface area (Å²) in [6.45, 7) is 6.14. The van der Waals surface area contributed by atoms with Crippen molar-refractivity contribution in [2.45, 2.75) is 46.1 Å². The third-order valence-electron chi connectivity index (χ3n) is 3.10. The van der Waals surface area contributed by atoms with Gasteiger partial charge in [0.25, 0.3) is 0 Å². The normalized spacial score (nSPS) is 17.8. The van der Waals surface area contributed by atoms with Gasteiger partial charge in [-0.25, -0.2) is 0 Å². The van der Waals surface area contributed by atoms with Crippen LogP contribution in [0.1, 0.15) is 51.4 Å². The topological polar surface area (TPSA) is 65.2 Å². The number of methoxy groups -OCH3 is 1. The quantitative estimate of drug-likeness (QED) is 0.804. The number of ether oxygens (including phenoxy) is 1. The van der Waals surface area contributed by atoms with Crippen LogP contribution < -0.4 is 0 Å². The molecule has 0 amide bonds. The Morgan fingerprint density at radius 2 is 2.17 bits per heavy atom. The van der Waals surface area contributed by atoms with Gasteiger partial charge in [-0.3, -0.25) is 4.79 Å². The highest BCUT2D eigenvalue weighted by atomic mass is 16.5. The number of carbonyl (C=O) groups excluding carboxylic acids is 1. The largest absolute Gasteiger partial charge is 0.373 e. The molecule has 0 radical (unpaired) electrons. The van der Waals surface area contributed by atoms with E-state index in [0.717, 1.165) is 12.8 Å². The van der Waals surface area contributed by atoms with E-state index in [1.54, 1.807) is 7.11 Å². The number of nitrogens with zero attached hydrogens (tertiary/aromatic N) is 2. The van der Waals surface area contributed by atoms with Crippen molar-refractivity contribution in [1.29, 1.82) is 0 Å². The Hall–Kier alpha value is -1.23. The Morgan fingerprint density at radius 1 is 1.50 bits per heavy atom. The fraction of sp³-hybridized carbons (Fsp3) is 0.769. The van der Waals surface area contributed by atoms with Crippen LogP contribution in [0.15, 0.2) is 4.52 Å². The average Bonchev–Trinajstić information content (AvgIpc) is 3.01. The van der Waals surface area contributed by atoms with E-state index in [-0.39, 0.29) is 29.6 Å². The Morgan fingerprint density at radius 3 is 2.67 bits per heavy atom. The standard InChI is InChI=1S/C13H20N2O3/c1-13(2,3)11(17-4)12-14-10(18-15-12)7-9(16)8-5-6-8/h8,11H,5-7H2,1-4H3. The van der Waals surface area contributed by atoms with Crippen molar-refractivity contribution >= 4 is 5.78 Å². The maximum atomic E-state index is 11.7. The van der Waals surface area contributed by atoms with Crippen molar-refractivity contribution in [2.24, 2.45) is 11.3 Å². The molecule has 0 spiro atoms. The van der Waals surface area contributed by atoms with E-state index < -0.39 is 0 Å². The molecule has 100 valence electrons. The molecule has 1 unspecified atom stereocenters. The molecule has 1 atom stereocenters. The molecule has 1 fully saturated rings. The molecule has 1 saturated carbocycles. The number of Topliss-reactive ketones (excluding diaryl/α,β-unsaturated/α-hetero) is 1. The summed E-state index contributed by atoms with van der Waals surface area (Å²) < 4.78 is 10.5. The van der Waals surface area contributed by atoms with Crippen LogP contribution >= 0.6 is 0 Å². The summed E-state index contributed by atoms with van der Waals surface area (Å²) >= 11 is 0. The van der Waals surface area contributed by atoms with Gasteiger partial charge in [0, 0.05) is 13.0 Å². The van der Waals surface area contributed by atoms with Gasteiger partial charge in [-0.05, 0) is 18.3 Å². The summed E-state index contributed by atoms with van der Waals surface area (Å²) in [6.07, 6.45) is 2.02. The Kier molecular flexibility index (Phi) is 3.52. The first-order chi connectivity index (χ1) is 8.41. The van der Waals surface area contributed by atoms with Gasteiger partial charge in [-0.1, -0.05) is 25.9 Å². The van der Waals surface area contributed by atoms with Crippen molar-refractivity contribution in [3.8, 4) is 0 Å². The number of hydrogen-bond acceptors (Lipinski definition) is 5. The highest BCUT2D eigenvalue weighted by Gasteiger charge is 2.33. The summed E-state index contributed by atoms with van der Waals surface area (Å²) in [7, 11) is 1.63. The van der Waals surface area contributed by atoms with Gasteiger partial charge in [0.05, 0.1) is 6.42 Å². The number of aromatic nitrogens is 2. The van der Waals surface area contributed by atoms with Crippen LogP contribution in [0.5, 0.6) is 0 Å². The van der Waals surface area contributed by atoms with Gasteiger partial charge < -0.3 is 9.26 Å². The monoisotopic (exact) mass is 252 g/mol. The van der Waals surface area contributed by atoms with Crippen molar-refractivity contribution in [2.75, 3.05) is 7.11 Å². The molecular formula is C13H20N2O3. The minimum Gasteiger partial charge on any atom is -0.373 e. The summed E-state index contributed by atoms with van der Waals surface area (Å²) in [5.41, 5.74) is -0.115. The third-order valence-corrected chi connectivity index (χ3v) is 3.10. The summed E-state index contributed by atoms with van der Waals surface area (Å²) in [5.74, 6) is 1.34. The Bertz CT molecular complexity index is 430. The molecular weight excluding hydrogens is 232 g/mol. The van der Waals surface area contributed by atoms with E-state index in [4.69, 9.17) is 9.26 Å². The van der Waals surface area contributed by atoms with Crippen molar-refractivity contribution in [1.82, 2.24) is 10.1 Å². The first-order valence-electron chi connectivity index (χ1n) is 6.30. The SMILES string of the molecule is COC(c1noc(CC(=O)C2CC2)n1)C(C)(C)C. The van der Waals surface area contributed by atoms with Crippen LogP contribution in [0, 0.1) is 11.3 Å². The molecule has 0 N–H and O–H groups in total. The lowest BCUT2D eigenvalue weighted by Crippen LogP contribution is -2.21. The lowest BCUT2D eigenvalue weighted by molar-refractivity contribution is -0.119. The molecule has 5 heteroatoms. The van der Waals surface area contributed by atoms with Crippen molar-refractivity contribution < 1.29 is 14.1 Å². The second kappa shape index (κ2) is 4.80. The molecule has 2 rings (SSSR count). The summed E-state index contributed by atoms with van der Waals surface area (Å²) in [4.78, 5) is 15.9. The van der Waals surface area contributed by atoms with Gasteiger partial charge in [0.2, 0.25) is 11.7 Å². The fourth-order valence-corrected chi connectivity index (χ4v) is 1.99. The molecule has 5 nitrogen and oxygen atoms in total. The first-order valence-corrected chi connectivity index (χ1v) is 6.30. The highest BCUT2D eigenvalue weighted by Crippen LogP contribution is 2.34. The van der Waals surface area contributed by atoms with E-state index in [1.165, 1.54) is 0 Å². The molecule has 1 aromatic heterocycles. The van der Waals surface area contributed by atoms with Gasteiger partial charge in [0.15, 0.2) is 0 Å². The van der Waals surface area contributed by atoms with Gasteiger partial charge in [0.1, 0.15) is 11.9 Å². The number of hydrogen-bond donors (Lipinski definition) is 0. The zero-order valence-electron chi connectivity index (χ0n) is 11.4. The Labute approximate surface area is 107 Å². The van der Waals surface area contributed by atoms with Crippen LogP contribution in [-0.2, 0) is 16.0 Å². The lowest BCUT2D eigenvalue weighted by atomic mass is 9.88. The molecule has 0 bridgehead atoms. The maximum Gasteiger partial charge on any atom is 0.234 e. The fourth-order valence-electron chi connectivity index (χ4n) is 1.99. The maximum absolute atomic E-state index is 11.7. The second-order valence-corrected chi connectivity index (χ2v) is 5.95. The van der Waals surface area contributed by atoms with E-state index >= 15 is 0 Å². The number of rotatable bonds is 5. The molecule has 18 heavy (non-hydrogen) atoms. The minimum atomic E-state index is -0.231. The number of carbonyl (C=O) groups is 1. The minimum absolute atomic E-state index is 0.115. The smallest absolute Gasteiger partial charge is 0.234 e. The molecule has 1 aliphatic rings. The first kappa shape index (κ1) is 13.2. The van der Waals surface area contributed by atoms with Crippen molar-refractivity contribution in [3.05, 3.63) is 11.7 Å². The molecule has 1 heterocycles. The van der Waals surface area contributed by atoms with Gasteiger partial charge in [-0.2, -0.15) is 4.98 Å². The molecule has 1 aromatic rings. The predicted molar refractivity (Wildman–Crippen MR) is 64.9 cm³/mol. The zero-order chi connectivity index (χ0) is 13.3. The predicted octanol–water partition coefficient (Wildman–Crippen LogP) is 2.32. The second-order valence-electron chi connectivity index (χ2n) is 5.95. The zero-order valence-corrected chi connectivity index (χ0v) is 11.4. The van der Waals surface area contributed by atoms with Crippen molar-refractivity contribution in [3.63, 3.8) is 0 Å². The number of ketones is 1. The van der Waals surface area contributed by atoms with E-state index in [1.807, 2.05) is 20.8 Å². The average molecular weight is 252 g/mol. The lowest BCUT2D eigenvalue weighted by Gasteiger charge is -2.26. The van der Waals surface area contributed by atoms with Crippen LogP contribution in [-0.4, -0.2) is 23.0 Å². The van der Waals surface area contributed by atoms with Gasteiger partial charge >= 0.3 is 0 Å². The van der Waals surface area contributed by atoms with Crippen LogP contribution in [0.2, 0.25) is 0 Å². The highest BCUT2D eigenvalue weighted by molar-refractivity contribution is 5.84. The summed E-state index contributed by atoms with van der Waals surface area (Å²) in [6, 6.07) is 0. The molecule has 0 aliphatic heterocycles.